The molecule has 6 bridgehead atoms. The van der Waals surface area contributed by atoms with Gasteiger partial charge in [-0.2, -0.15) is 0 Å². The maximum Gasteiger partial charge on any atom is 0.292 e. The Morgan fingerprint density at radius 2 is 0.833 bits per heavy atom. The molecule has 17 heteroatoms. The molecule has 0 aromatic heterocycles. The smallest absolute Gasteiger partial charge is 0.292 e. The lowest BCUT2D eigenvalue weighted by molar-refractivity contribution is -0.384. The third kappa shape index (κ3) is 9.47. The summed E-state index contributed by atoms with van der Waals surface area (Å²) in [7, 11) is 1.74. The van der Waals surface area contributed by atoms with Crippen molar-refractivity contribution in [2.75, 3.05) is 64.4 Å². The van der Waals surface area contributed by atoms with E-state index in [-0.39, 0.29) is 56.0 Å². The Balaban J connectivity index is 0.000000123. The van der Waals surface area contributed by atoms with Crippen molar-refractivity contribution in [3.8, 4) is 17.2 Å². The van der Waals surface area contributed by atoms with E-state index in [9.17, 15) is 30.4 Å². The molecule has 10 N–H and O–H groups in total. The highest BCUT2D eigenvalue weighted by atomic mass is 79.9. The lowest BCUT2D eigenvalue weighted by atomic mass is 9.52. The van der Waals surface area contributed by atoms with Crippen molar-refractivity contribution < 1.29 is 24.8 Å². The van der Waals surface area contributed by atoms with E-state index in [0.29, 0.717) is 58.8 Å². The molecule has 6 fully saturated rings. The molecule has 6 aliphatic carbocycles. The Morgan fingerprint density at radius 3 is 1.20 bits per heavy atom. The zero-order valence-corrected chi connectivity index (χ0v) is 49.8. The second-order valence-corrected chi connectivity index (χ2v) is 25.7. The Labute approximate surface area is 502 Å². The van der Waals surface area contributed by atoms with Gasteiger partial charge in [-0.1, -0.05) is 56.7 Å². The minimum atomic E-state index is -0.426. The number of hydrogen-bond donors (Lipinski definition) is 6. The predicted molar refractivity (Wildman–Crippen MR) is 339 cm³/mol. The van der Waals surface area contributed by atoms with E-state index in [0.717, 1.165) is 75.3 Å². The lowest BCUT2D eigenvalue weighted by Crippen LogP contribution is -2.61. The first-order valence-electron chi connectivity index (χ1n) is 30.5. The van der Waals surface area contributed by atoms with Gasteiger partial charge in [-0.15, -0.1) is 17.0 Å². The highest BCUT2D eigenvalue weighted by molar-refractivity contribution is 8.93. The second-order valence-electron chi connectivity index (χ2n) is 25.7. The normalized spacial score (nSPS) is 28.2. The monoisotopic (exact) mass is 1200 g/mol. The van der Waals surface area contributed by atoms with Gasteiger partial charge < -0.3 is 52.6 Å². The molecular formula is C67H80BrN9O7. The summed E-state index contributed by atoms with van der Waals surface area (Å²) >= 11 is 0. The van der Waals surface area contributed by atoms with Gasteiger partial charge in [0.25, 0.3) is 11.4 Å². The number of halogens is 1. The molecule has 3 aliphatic heterocycles. The fraction of sp³-hybridized carbons (Fsp3) is 0.463. The summed E-state index contributed by atoms with van der Waals surface area (Å²) in [5.41, 5.74) is 38.1. The van der Waals surface area contributed by atoms with E-state index in [4.69, 9.17) is 27.7 Å². The van der Waals surface area contributed by atoms with Crippen LogP contribution in [0.1, 0.15) is 130 Å². The number of ether oxygens (including phenoxy) is 1. The lowest BCUT2D eigenvalue weighted by Gasteiger charge is -2.59. The number of phenolic OH excluding ortho intramolecular Hbond substituents is 2. The third-order valence-corrected chi connectivity index (χ3v) is 22.2. The average molecular weight is 1200 g/mol. The van der Waals surface area contributed by atoms with Crippen LogP contribution in [0.2, 0.25) is 0 Å². The number of hydrogen-bond acceptors (Lipinski definition) is 14. The topological polar surface area (TPSA) is 250 Å². The Bertz CT molecular complexity index is 3530. The number of anilines is 7. The van der Waals surface area contributed by atoms with Gasteiger partial charge in [-0.25, -0.2) is 0 Å². The van der Waals surface area contributed by atoms with E-state index in [1.807, 2.05) is 36.4 Å². The second kappa shape index (κ2) is 22.2. The molecule has 84 heavy (non-hydrogen) atoms. The molecule has 3 heterocycles. The number of aromatic hydroxyl groups is 2. The molecule has 9 aliphatic rings. The number of nitro groups is 2. The zero-order chi connectivity index (χ0) is 57.5. The van der Waals surface area contributed by atoms with Crippen molar-refractivity contribution in [3.63, 3.8) is 0 Å². The van der Waals surface area contributed by atoms with E-state index in [2.05, 4.69) is 57.2 Å². The van der Waals surface area contributed by atoms with Crippen molar-refractivity contribution in [2.24, 2.45) is 17.8 Å². The molecule has 6 aromatic rings. The Morgan fingerprint density at radius 1 is 0.464 bits per heavy atom. The van der Waals surface area contributed by atoms with E-state index >= 15 is 0 Å². The van der Waals surface area contributed by atoms with Crippen LogP contribution in [0.5, 0.6) is 17.2 Å². The quantitative estimate of drug-likeness (QED) is 0.0516. The molecule has 3 saturated heterocycles. The molecule has 9 atom stereocenters. The fourth-order valence-corrected chi connectivity index (χ4v) is 18.6. The summed E-state index contributed by atoms with van der Waals surface area (Å²) in [5.74, 6) is 3.52. The first-order valence-corrected chi connectivity index (χ1v) is 30.5. The van der Waals surface area contributed by atoms with Crippen LogP contribution in [0.15, 0.2) is 109 Å². The molecule has 442 valence electrons. The summed E-state index contributed by atoms with van der Waals surface area (Å²) in [6, 6.07) is 36.2. The number of phenols is 2. The van der Waals surface area contributed by atoms with Crippen molar-refractivity contribution in [1.29, 1.82) is 0 Å². The van der Waals surface area contributed by atoms with Crippen LogP contribution >= 0.6 is 17.0 Å². The summed E-state index contributed by atoms with van der Waals surface area (Å²) in [5, 5.41) is 42.5. The summed E-state index contributed by atoms with van der Waals surface area (Å²) in [6.45, 7) is 2.90. The number of rotatable bonds is 6. The van der Waals surface area contributed by atoms with Crippen molar-refractivity contribution in [1.82, 2.24) is 0 Å². The van der Waals surface area contributed by atoms with E-state index < -0.39 is 9.85 Å². The minimum absolute atomic E-state index is 0. The number of piperidine rings is 3. The number of nitro benzene ring substituents is 2. The highest BCUT2D eigenvalue weighted by Gasteiger charge is 2.57. The number of nitrogens with two attached hydrogens (primary N) is 4. The Hall–Kier alpha value is -7.40. The van der Waals surface area contributed by atoms with Crippen LogP contribution in [-0.2, 0) is 35.5 Å². The van der Waals surface area contributed by atoms with Gasteiger partial charge in [0, 0.05) is 83.2 Å². The van der Waals surface area contributed by atoms with Crippen LogP contribution in [0, 0.1) is 38.0 Å². The van der Waals surface area contributed by atoms with Crippen LogP contribution < -0.4 is 42.4 Å². The Kier molecular flexibility index (Phi) is 15.1. The van der Waals surface area contributed by atoms with Crippen LogP contribution in [0.4, 0.5) is 51.2 Å². The first-order chi connectivity index (χ1) is 40.1. The van der Waals surface area contributed by atoms with E-state index in [1.165, 1.54) is 122 Å². The van der Waals surface area contributed by atoms with Crippen LogP contribution in [-0.4, -0.2) is 64.9 Å². The number of benzene rings is 6. The summed E-state index contributed by atoms with van der Waals surface area (Å²) < 4.78 is 5.55. The molecular weight excluding hydrogens is 1120 g/mol. The summed E-state index contributed by atoms with van der Waals surface area (Å²) in [6.07, 6.45) is 21.3. The zero-order valence-electron chi connectivity index (χ0n) is 48.1. The molecule has 6 aromatic carbocycles. The number of nitrogen functional groups attached to an aromatic ring is 4. The van der Waals surface area contributed by atoms with Gasteiger partial charge in [0.2, 0.25) is 0 Å². The van der Waals surface area contributed by atoms with Gasteiger partial charge in [0.15, 0.2) is 0 Å². The largest absolute Gasteiger partial charge is 0.508 e. The van der Waals surface area contributed by atoms with Gasteiger partial charge in [-0.05, 0) is 207 Å². The molecule has 0 amide bonds. The number of fused-ring (bicyclic) bond motifs is 3. The predicted octanol–water partition coefficient (Wildman–Crippen LogP) is 13.0. The molecule has 0 spiro atoms. The van der Waals surface area contributed by atoms with Gasteiger partial charge in [0.1, 0.15) is 28.6 Å². The van der Waals surface area contributed by atoms with Crippen molar-refractivity contribution >= 4 is 68.2 Å². The van der Waals surface area contributed by atoms with Crippen LogP contribution in [0.25, 0.3) is 0 Å². The summed E-state index contributed by atoms with van der Waals surface area (Å²) in [4.78, 5) is 28.9. The van der Waals surface area contributed by atoms with Gasteiger partial charge in [-0.3, -0.25) is 20.2 Å². The van der Waals surface area contributed by atoms with Crippen molar-refractivity contribution in [3.05, 3.63) is 163 Å². The molecule has 15 rings (SSSR count). The molecule has 0 unspecified atom stereocenters. The third-order valence-electron chi connectivity index (χ3n) is 22.2. The molecule has 3 saturated carbocycles. The minimum Gasteiger partial charge on any atom is -0.508 e. The van der Waals surface area contributed by atoms with Gasteiger partial charge in [0.05, 0.1) is 28.3 Å². The SMILES string of the molecule is Br.COc1ccc2c(c1)[C@]13CCCC[C@@H]1[C@H](C2)N(c1ccc([N+](=O)[O-])c(N)c1)CC3.Nc1cc(N2CC[C@@]34CCCC[C@@H]3[C@@H]2Cc2ccc(O)cc24)ccc1[N+](=O)[O-].Nc1ccc(N2CC[C@@]34CCCC[C@@H]3[C@@H]2Cc2ccc(O)cc24)cc1N. The molecule has 0 radical (unpaired) electrons. The standard InChI is InChI=1S/C23H27N3O3.C22H25N3O3.C22H27N3O.BrH/c1-29-17-7-5-15-12-22-18-4-2-3-9-23(18,19(15)14-17)10-11-25(22)16-6-8-21(26(27)28)20(24)13-16;23-19-12-15(5-7-20(19)25(27)28)24-10-9-22-8-2-1-3-17(22)21(24)11-14-4-6-16(26)13-18(14)22;23-19-7-5-15(12-20(19)24)25-10-9-22-8-2-1-3-17(22)21(25)11-14-4-6-16(26)13-18(14)22;/h5-8,13-14,18,22H,2-4,9-12,24H2,1H3;4-7,12-13,17,21,26H,1-3,8-11,23H2;4-7,12-13,17,21,26H,1-3,8-11,23-24H2;1H/t18-,22+,23+;2*17-,21+,22+;/m111./s1. The van der Waals surface area contributed by atoms with Crippen molar-refractivity contribution in [2.45, 2.75) is 150 Å². The maximum absolute atomic E-state index is 11.2. The average Bonchev–Trinajstić information content (AvgIpc) is 1.13. The maximum atomic E-state index is 11.2. The highest BCUT2D eigenvalue weighted by Crippen LogP contribution is 2.60. The fourth-order valence-electron chi connectivity index (χ4n) is 18.6. The molecule has 16 nitrogen and oxygen atoms in total. The number of nitrogens with zero attached hydrogens (tertiary/aromatic N) is 5. The number of methoxy groups -OCH3 is 1. The van der Waals surface area contributed by atoms with E-state index in [1.54, 1.807) is 31.4 Å². The van der Waals surface area contributed by atoms with Crippen LogP contribution in [0.3, 0.4) is 0 Å². The van der Waals surface area contributed by atoms with Gasteiger partial charge >= 0.3 is 0 Å². The first kappa shape index (κ1) is 57.1.